The highest BCUT2D eigenvalue weighted by Crippen LogP contribution is 2.41. The largest absolute Gasteiger partial charge is 0.336 e. The Morgan fingerprint density at radius 3 is 2.04 bits per heavy atom. The van der Waals surface area contributed by atoms with E-state index in [0.29, 0.717) is 17.7 Å². The Hall–Kier alpha value is -1.36. The summed E-state index contributed by atoms with van der Waals surface area (Å²) in [5.41, 5.74) is -0.411. The number of hydrogen-bond donors (Lipinski definition) is 0. The molecule has 0 N–H and O–H groups in total. The van der Waals surface area contributed by atoms with Crippen LogP contribution >= 0.6 is 0 Å². The van der Waals surface area contributed by atoms with Crippen LogP contribution in [0.25, 0.3) is 0 Å². The van der Waals surface area contributed by atoms with Crippen molar-refractivity contribution in [3.8, 4) is 0 Å². The number of nitrogens with zero attached hydrogens (tertiary/aromatic N) is 1. The summed E-state index contributed by atoms with van der Waals surface area (Å²) in [5, 5.41) is -0.369. The smallest absolute Gasteiger partial charge is 0.228 e. The molecular weight excluding hydrogens is 310 g/mol. The molecule has 2 atom stereocenters. The second-order valence-corrected chi connectivity index (χ2v) is 10.0. The number of hydrogen-bond acceptors (Lipinski definition) is 3. The van der Waals surface area contributed by atoms with Gasteiger partial charge in [-0.15, -0.1) is 0 Å². The van der Waals surface area contributed by atoms with Gasteiger partial charge in [-0.1, -0.05) is 39.0 Å². The maximum atomic E-state index is 12.9. The molecule has 2 bridgehead atoms. The molecule has 23 heavy (non-hydrogen) atoms. The fourth-order valence-electron chi connectivity index (χ4n) is 3.90. The summed E-state index contributed by atoms with van der Waals surface area (Å²) >= 11 is 0. The average molecular weight is 335 g/mol. The molecule has 2 saturated heterocycles. The molecule has 0 aromatic heterocycles. The molecule has 0 saturated carbocycles. The van der Waals surface area contributed by atoms with Crippen molar-refractivity contribution in [2.45, 2.75) is 68.7 Å². The van der Waals surface area contributed by atoms with Crippen LogP contribution in [0.5, 0.6) is 0 Å². The SMILES string of the molecule is CC(C)(C)C(=O)N1C2CCC1CC(S(=O)(=O)c1ccccc1)C2. The van der Waals surface area contributed by atoms with Crippen molar-refractivity contribution in [3.05, 3.63) is 30.3 Å². The minimum atomic E-state index is -3.31. The summed E-state index contributed by atoms with van der Waals surface area (Å²) in [7, 11) is -3.31. The summed E-state index contributed by atoms with van der Waals surface area (Å²) in [6.07, 6.45) is 2.98. The lowest BCUT2D eigenvalue weighted by Gasteiger charge is -2.41. The van der Waals surface area contributed by atoms with E-state index in [1.54, 1.807) is 24.3 Å². The van der Waals surface area contributed by atoms with Crippen molar-refractivity contribution in [2.24, 2.45) is 5.41 Å². The topological polar surface area (TPSA) is 54.5 Å². The lowest BCUT2D eigenvalue weighted by Crippen LogP contribution is -2.52. The first-order valence-corrected chi connectivity index (χ1v) is 9.87. The van der Waals surface area contributed by atoms with Gasteiger partial charge in [0.1, 0.15) is 0 Å². The van der Waals surface area contributed by atoms with Gasteiger partial charge in [0.15, 0.2) is 9.84 Å². The molecule has 3 rings (SSSR count). The number of carbonyl (C=O) groups is 1. The highest BCUT2D eigenvalue weighted by atomic mass is 32.2. The van der Waals surface area contributed by atoms with Crippen LogP contribution in [-0.2, 0) is 14.6 Å². The minimum Gasteiger partial charge on any atom is -0.336 e. The van der Waals surface area contributed by atoms with Gasteiger partial charge in [0.2, 0.25) is 5.91 Å². The molecule has 1 amide bonds. The quantitative estimate of drug-likeness (QED) is 0.835. The summed E-state index contributed by atoms with van der Waals surface area (Å²) in [4.78, 5) is 15.1. The maximum Gasteiger partial charge on any atom is 0.228 e. The van der Waals surface area contributed by atoms with Gasteiger partial charge in [0, 0.05) is 17.5 Å². The predicted molar refractivity (Wildman–Crippen MR) is 89.8 cm³/mol. The predicted octanol–water partition coefficient (Wildman–Crippen LogP) is 3.03. The van der Waals surface area contributed by atoms with E-state index in [-0.39, 0.29) is 23.2 Å². The molecule has 2 unspecified atom stereocenters. The van der Waals surface area contributed by atoms with Crippen molar-refractivity contribution in [1.29, 1.82) is 0 Å². The Labute approximate surface area is 138 Å². The number of rotatable bonds is 2. The van der Waals surface area contributed by atoms with Gasteiger partial charge in [-0.3, -0.25) is 4.79 Å². The Kier molecular flexibility index (Phi) is 4.03. The third-order valence-electron chi connectivity index (χ3n) is 5.08. The lowest BCUT2D eigenvalue weighted by molar-refractivity contribution is -0.143. The molecule has 2 fully saturated rings. The van der Waals surface area contributed by atoms with Crippen molar-refractivity contribution in [2.75, 3.05) is 0 Å². The molecule has 0 radical (unpaired) electrons. The third-order valence-corrected chi connectivity index (χ3v) is 7.27. The van der Waals surface area contributed by atoms with Crippen molar-refractivity contribution < 1.29 is 13.2 Å². The molecule has 2 aliphatic rings. The number of fused-ring (bicyclic) bond motifs is 2. The van der Waals surface area contributed by atoms with Gasteiger partial charge in [-0.25, -0.2) is 8.42 Å². The van der Waals surface area contributed by atoms with Gasteiger partial charge in [-0.2, -0.15) is 0 Å². The minimum absolute atomic E-state index is 0.0731. The van der Waals surface area contributed by atoms with Gasteiger partial charge in [0.25, 0.3) is 0 Å². The second kappa shape index (κ2) is 5.62. The van der Waals surface area contributed by atoms with E-state index in [1.165, 1.54) is 0 Å². The molecular formula is C18H25NO3S. The number of carbonyl (C=O) groups excluding carboxylic acids is 1. The first kappa shape index (κ1) is 16.5. The number of amides is 1. The van der Waals surface area contributed by atoms with Crippen LogP contribution in [0.1, 0.15) is 46.5 Å². The van der Waals surface area contributed by atoms with Gasteiger partial charge in [0.05, 0.1) is 10.1 Å². The molecule has 5 heteroatoms. The van der Waals surface area contributed by atoms with Crippen LogP contribution in [-0.4, -0.2) is 36.6 Å². The van der Waals surface area contributed by atoms with Crippen molar-refractivity contribution in [3.63, 3.8) is 0 Å². The zero-order valence-electron chi connectivity index (χ0n) is 14.0. The molecule has 0 aliphatic carbocycles. The normalized spacial score (nSPS) is 28.0. The van der Waals surface area contributed by atoms with E-state index in [1.807, 2.05) is 31.7 Å². The van der Waals surface area contributed by atoms with Crippen LogP contribution in [0.15, 0.2) is 35.2 Å². The molecule has 4 nitrogen and oxygen atoms in total. The standard InChI is InChI=1S/C18H25NO3S/c1-18(2,3)17(20)19-13-9-10-14(19)12-16(11-13)23(21,22)15-7-5-4-6-8-15/h4-8,13-14,16H,9-12H2,1-3H3. The Morgan fingerprint density at radius 2 is 1.57 bits per heavy atom. The number of piperidine rings is 1. The first-order chi connectivity index (χ1) is 10.7. The first-order valence-electron chi connectivity index (χ1n) is 8.33. The Balaban J connectivity index is 1.83. The lowest BCUT2D eigenvalue weighted by atomic mass is 9.91. The van der Waals surface area contributed by atoms with Crippen LogP contribution < -0.4 is 0 Å². The van der Waals surface area contributed by atoms with Crippen LogP contribution in [0.2, 0.25) is 0 Å². The third kappa shape index (κ3) is 2.91. The van der Waals surface area contributed by atoms with E-state index in [9.17, 15) is 13.2 Å². The van der Waals surface area contributed by atoms with E-state index < -0.39 is 15.3 Å². The average Bonchev–Trinajstić information content (AvgIpc) is 2.75. The van der Waals surface area contributed by atoms with E-state index in [2.05, 4.69) is 0 Å². The molecule has 2 heterocycles. The van der Waals surface area contributed by atoms with Crippen LogP contribution in [0.3, 0.4) is 0 Å². The van der Waals surface area contributed by atoms with Gasteiger partial charge >= 0.3 is 0 Å². The zero-order valence-corrected chi connectivity index (χ0v) is 14.8. The van der Waals surface area contributed by atoms with Crippen molar-refractivity contribution in [1.82, 2.24) is 4.90 Å². The zero-order chi connectivity index (χ0) is 16.8. The Morgan fingerprint density at radius 1 is 1.04 bits per heavy atom. The second-order valence-electron chi connectivity index (χ2n) is 7.80. The highest BCUT2D eigenvalue weighted by Gasteiger charge is 2.48. The summed E-state index contributed by atoms with van der Waals surface area (Å²) in [5.74, 6) is 0.153. The van der Waals surface area contributed by atoms with E-state index in [4.69, 9.17) is 0 Å². The van der Waals surface area contributed by atoms with Crippen LogP contribution in [0.4, 0.5) is 0 Å². The molecule has 1 aromatic carbocycles. The molecule has 0 spiro atoms. The molecule has 2 aliphatic heterocycles. The van der Waals surface area contributed by atoms with E-state index >= 15 is 0 Å². The van der Waals surface area contributed by atoms with Crippen LogP contribution in [0, 0.1) is 5.41 Å². The number of sulfone groups is 1. The van der Waals surface area contributed by atoms with Crippen molar-refractivity contribution >= 4 is 15.7 Å². The summed E-state index contributed by atoms with van der Waals surface area (Å²) < 4.78 is 25.8. The highest BCUT2D eigenvalue weighted by molar-refractivity contribution is 7.92. The maximum absolute atomic E-state index is 12.9. The Bertz CT molecular complexity index is 677. The van der Waals surface area contributed by atoms with Gasteiger partial charge in [-0.05, 0) is 37.8 Å². The van der Waals surface area contributed by atoms with E-state index in [0.717, 1.165) is 12.8 Å². The summed E-state index contributed by atoms with van der Waals surface area (Å²) in [6.45, 7) is 5.80. The fourth-order valence-corrected chi connectivity index (χ4v) is 5.77. The molecule has 1 aromatic rings. The fraction of sp³-hybridized carbons (Fsp3) is 0.611. The number of benzene rings is 1. The summed E-state index contributed by atoms with van der Waals surface area (Å²) in [6, 6.07) is 8.84. The van der Waals surface area contributed by atoms with Gasteiger partial charge < -0.3 is 4.90 Å². The molecule has 126 valence electrons. The monoisotopic (exact) mass is 335 g/mol.